The summed E-state index contributed by atoms with van der Waals surface area (Å²) >= 11 is 0. The van der Waals surface area contributed by atoms with Gasteiger partial charge in [-0.1, -0.05) is 30.3 Å². The van der Waals surface area contributed by atoms with Crippen molar-refractivity contribution in [1.29, 1.82) is 0 Å². The minimum atomic E-state index is -0.156. The summed E-state index contributed by atoms with van der Waals surface area (Å²) in [6.45, 7) is 0.431. The molecule has 0 saturated heterocycles. The molecule has 0 saturated carbocycles. The number of urea groups is 1. The smallest absolute Gasteiger partial charge is 0.315 e. The first-order valence-electron chi connectivity index (χ1n) is 8.54. The standard InChI is InChI=1S/C20H24N2O3/c1-24-18-11-10-14(12-19(18)25-2)13-21-20(23)22-17-9-5-7-15-6-3-4-8-16(15)17/h3-4,6,8,10-12,17H,5,7,9,13H2,1-2H3,(H2,21,22,23)/t17-/m0/s1. The van der Waals surface area contributed by atoms with Crippen LogP contribution in [0.1, 0.15) is 35.6 Å². The van der Waals surface area contributed by atoms with E-state index in [-0.39, 0.29) is 12.1 Å². The van der Waals surface area contributed by atoms with Gasteiger partial charge >= 0.3 is 6.03 Å². The maximum absolute atomic E-state index is 12.3. The molecule has 2 aromatic rings. The second-order valence-electron chi connectivity index (χ2n) is 6.16. The third kappa shape index (κ3) is 4.05. The van der Waals surface area contributed by atoms with Crippen molar-refractivity contribution in [2.24, 2.45) is 0 Å². The third-order valence-corrected chi connectivity index (χ3v) is 4.58. The van der Waals surface area contributed by atoms with Crippen molar-refractivity contribution >= 4 is 6.03 Å². The molecule has 5 heteroatoms. The van der Waals surface area contributed by atoms with Gasteiger partial charge in [0, 0.05) is 6.54 Å². The Balaban J connectivity index is 1.59. The van der Waals surface area contributed by atoms with E-state index in [0.29, 0.717) is 18.0 Å². The fourth-order valence-electron chi connectivity index (χ4n) is 3.29. The Hall–Kier alpha value is -2.69. The van der Waals surface area contributed by atoms with E-state index in [1.54, 1.807) is 14.2 Å². The molecule has 1 atom stereocenters. The molecule has 1 aliphatic rings. The Labute approximate surface area is 148 Å². The van der Waals surface area contributed by atoms with Gasteiger partial charge in [-0.15, -0.1) is 0 Å². The van der Waals surface area contributed by atoms with Crippen molar-refractivity contribution in [1.82, 2.24) is 10.6 Å². The Morgan fingerprint density at radius 1 is 1.12 bits per heavy atom. The number of hydrogen-bond acceptors (Lipinski definition) is 3. The van der Waals surface area contributed by atoms with Crippen LogP contribution >= 0.6 is 0 Å². The molecular formula is C20H24N2O3. The zero-order valence-corrected chi connectivity index (χ0v) is 14.7. The van der Waals surface area contributed by atoms with Crippen LogP contribution in [0.2, 0.25) is 0 Å². The molecule has 0 bridgehead atoms. The van der Waals surface area contributed by atoms with Crippen LogP contribution in [0.4, 0.5) is 4.79 Å². The number of hydrogen-bond donors (Lipinski definition) is 2. The highest BCUT2D eigenvalue weighted by Crippen LogP contribution is 2.29. The van der Waals surface area contributed by atoms with Gasteiger partial charge < -0.3 is 20.1 Å². The van der Waals surface area contributed by atoms with Crippen LogP contribution in [-0.2, 0) is 13.0 Å². The summed E-state index contributed by atoms with van der Waals surface area (Å²) in [5.74, 6) is 1.33. The number of fused-ring (bicyclic) bond motifs is 1. The van der Waals surface area contributed by atoms with E-state index in [0.717, 1.165) is 24.8 Å². The van der Waals surface area contributed by atoms with Crippen LogP contribution in [0.25, 0.3) is 0 Å². The lowest BCUT2D eigenvalue weighted by atomic mass is 9.88. The highest BCUT2D eigenvalue weighted by molar-refractivity contribution is 5.74. The van der Waals surface area contributed by atoms with E-state index in [9.17, 15) is 4.79 Å². The van der Waals surface area contributed by atoms with Gasteiger partial charge in [-0.3, -0.25) is 0 Å². The molecule has 5 nitrogen and oxygen atoms in total. The summed E-state index contributed by atoms with van der Waals surface area (Å²) in [5.41, 5.74) is 3.52. The van der Waals surface area contributed by atoms with Gasteiger partial charge in [0.05, 0.1) is 20.3 Å². The Morgan fingerprint density at radius 3 is 2.72 bits per heavy atom. The number of carbonyl (C=O) groups is 1. The summed E-state index contributed by atoms with van der Waals surface area (Å²) in [6, 6.07) is 13.9. The number of ether oxygens (including phenoxy) is 2. The van der Waals surface area contributed by atoms with Crippen LogP contribution < -0.4 is 20.1 Å². The summed E-state index contributed by atoms with van der Waals surface area (Å²) in [6.07, 6.45) is 3.15. The van der Waals surface area contributed by atoms with Gasteiger partial charge in [-0.25, -0.2) is 4.79 Å². The summed E-state index contributed by atoms with van der Waals surface area (Å²) < 4.78 is 10.5. The number of rotatable bonds is 5. The Bertz CT molecular complexity index is 745. The van der Waals surface area contributed by atoms with E-state index in [1.807, 2.05) is 24.3 Å². The minimum Gasteiger partial charge on any atom is -0.493 e. The molecule has 3 rings (SSSR count). The molecule has 0 fully saturated rings. The molecule has 0 aliphatic heterocycles. The normalized spacial score (nSPS) is 15.8. The van der Waals surface area contributed by atoms with Crippen LogP contribution in [0.3, 0.4) is 0 Å². The second-order valence-corrected chi connectivity index (χ2v) is 6.16. The van der Waals surface area contributed by atoms with E-state index in [2.05, 4.69) is 28.8 Å². The van der Waals surface area contributed by atoms with Crippen molar-refractivity contribution < 1.29 is 14.3 Å². The SMILES string of the molecule is COc1ccc(CNC(=O)N[C@H]2CCCc3ccccc32)cc1OC. The molecule has 0 spiro atoms. The van der Waals surface area contributed by atoms with Crippen molar-refractivity contribution in [3.8, 4) is 11.5 Å². The molecule has 0 unspecified atom stereocenters. The third-order valence-electron chi connectivity index (χ3n) is 4.58. The molecule has 0 aromatic heterocycles. The van der Waals surface area contributed by atoms with E-state index < -0.39 is 0 Å². The van der Waals surface area contributed by atoms with Crippen LogP contribution in [0, 0.1) is 0 Å². The van der Waals surface area contributed by atoms with Gasteiger partial charge in [0.2, 0.25) is 0 Å². The van der Waals surface area contributed by atoms with Gasteiger partial charge in [-0.2, -0.15) is 0 Å². The zero-order valence-electron chi connectivity index (χ0n) is 14.7. The van der Waals surface area contributed by atoms with Gasteiger partial charge in [0.25, 0.3) is 0 Å². The molecular weight excluding hydrogens is 316 g/mol. The van der Waals surface area contributed by atoms with Gasteiger partial charge in [0.15, 0.2) is 11.5 Å². The first-order chi connectivity index (χ1) is 12.2. The van der Waals surface area contributed by atoms with Crippen LogP contribution in [-0.4, -0.2) is 20.3 Å². The summed E-state index contributed by atoms with van der Waals surface area (Å²) in [4.78, 5) is 12.3. The quantitative estimate of drug-likeness (QED) is 0.874. The topological polar surface area (TPSA) is 59.6 Å². The molecule has 25 heavy (non-hydrogen) atoms. The fourth-order valence-corrected chi connectivity index (χ4v) is 3.29. The number of aryl methyl sites for hydroxylation is 1. The zero-order chi connectivity index (χ0) is 17.6. The summed E-state index contributed by atoms with van der Waals surface area (Å²) in [7, 11) is 3.20. The number of carbonyl (C=O) groups excluding carboxylic acids is 1. The number of nitrogens with one attached hydrogen (secondary N) is 2. The number of benzene rings is 2. The highest BCUT2D eigenvalue weighted by Gasteiger charge is 2.21. The van der Waals surface area contributed by atoms with Crippen molar-refractivity contribution in [2.45, 2.75) is 31.8 Å². The minimum absolute atomic E-state index is 0.0790. The average Bonchev–Trinajstić information content (AvgIpc) is 2.66. The lowest BCUT2D eigenvalue weighted by molar-refractivity contribution is 0.235. The predicted octanol–water partition coefficient (Wildman–Crippen LogP) is 3.58. The van der Waals surface area contributed by atoms with E-state index in [4.69, 9.17) is 9.47 Å². The van der Waals surface area contributed by atoms with Gasteiger partial charge in [-0.05, 0) is 48.1 Å². The lowest BCUT2D eigenvalue weighted by Crippen LogP contribution is -2.38. The predicted molar refractivity (Wildman–Crippen MR) is 97.0 cm³/mol. The first kappa shape index (κ1) is 17.1. The van der Waals surface area contributed by atoms with Crippen LogP contribution in [0.15, 0.2) is 42.5 Å². The fraction of sp³-hybridized carbons (Fsp3) is 0.350. The highest BCUT2D eigenvalue weighted by atomic mass is 16.5. The second kappa shape index (κ2) is 7.92. The molecule has 1 aliphatic carbocycles. The monoisotopic (exact) mass is 340 g/mol. The van der Waals surface area contributed by atoms with Crippen LogP contribution in [0.5, 0.6) is 11.5 Å². The Kier molecular flexibility index (Phi) is 5.43. The van der Waals surface area contributed by atoms with E-state index in [1.165, 1.54) is 11.1 Å². The molecule has 2 N–H and O–H groups in total. The maximum atomic E-state index is 12.3. The lowest BCUT2D eigenvalue weighted by Gasteiger charge is -2.26. The van der Waals surface area contributed by atoms with Gasteiger partial charge in [0.1, 0.15) is 0 Å². The number of methoxy groups -OCH3 is 2. The molecule has 2 amide bonds. The molecule has 132 valence electrons. The van der Waals surface area contributed by atoms with Crippen molar-refractivity contribution in [2.75, 3.05) is 14.2 Å². The average molecular weight is 340 g/mol. The largest absolute Gasteiger partial charge is 0.493 e. The molecule has 0 heterocycles. The molecule has 2 aromatic carbocycles. The maximum Gasteiger partial charge on any atom is 0.315 e. The van der Waals surface area contributed by atoms with Crippen molar-refractivity contribution in [3.63, 3.8) is 0 Å². The first-order valence-corrected chi connectivity index (χ1v) is 8.54. The summed E-state index contributed by atoms with van der Waals surface area (Å²) in [5, 5.41) is 6.01. The Morgan fingerprint density at radius 2 is 1.92 bits per heavy atom. The molecule has 0 radical (unpaired) electrons. The van der Waals surface area contributed by atoms with Crippen molar-refractivity contribution in [3.05, 3.63) is 59.2 Å². The number of amides is 2. The van der Waals surface area contributed by atoms with E-state index >= 15 is 0 Å².